The summed E-state index contributed by atoms with van der Waals surface area (Å²) in [6.07, 6.45) is 0. The standard InChI is InChI=1S/C17H16F4N2O/c1-9(13-5-3-11(18)7-15(13)20)22-17(24)23-10(2)14-6-4-12(19)8-16(14)21/h3-10H,1-2H3,(H2,22,23,24)/t9-,10-/m0/s1. The Kier molecular flexibility index (Phi) is 5.43. The third-order valence-electron chi connectivity index (χ3n) is 3.55. The number of hydrogen-bond acceptors (Lipinski definition) is 1. The minimum atomic E-state index is -0.777. The number of halogens is 4. The first-order valence-corrected chi connectivity index (χ1v) is 7.25. The number of amides is 2. The van der Waals surface area contributed by atoms with Crippen molar-refractivity contribution in [2.75, 3.05) is 0 Å². The number of carbonyl (C=O) groups is 1. The van der Waals surface area contributed by atoms with Crippen LogP contribution in [0.2, 0.25) is 0 Å². The van der Waals surface area contributed by atoms with E-state index in [0.29, 0.717) is 0 Å². The summed E-state index contributed by atoms with van der Waals surface area (Å²) in [5, 5.41) is 4.96. The van der Waals surface area contributed by atoms with Gasteiger partial charge in [-0.2, -0.15) is 0 Å². The second-order valence-electron chi connectivity index (χ2n) is 5.39. The second-order valence-corrected chi connectivity index (χ2v) is 5.39. The van der Waals surface area contributed by atoms with Crippen LogP contribution in [0.5, 0.6) is 0 Å². The minimum Gasteiger partial charge on any atom is -0.332 e. The molecule has 128 valence electrons. The van der Waals surface area contributed by atoms with Gasteiger partial charge in [0.1, 0.15) is 23.3 Å². The molecular formula is C17H16F4N2O. The summed E-state index contributed by atoms with van der Waals surface area (Å²) in [4.78, 5) is 12.0. The molecule has 0 unspecified atom stereocenters. The van der Waals surface area contributed by atoms with Gasteiger partial charge in [-0.1, -0.05) is 12.1 Å². The van der Waals surface area contributed by atoms with Gasteiger partial charge in [-0.25, -0.2) is 22.4 Å². The quantitative estimate of drug-likeness (QED) is 0.798. The first kappa shape index (κ1) is 17.8. The summed E-state index contributed by atoms with van der Waals surface area (Å²) in [6, 6.07) is 3.98. The van der Waals surface area contributed by atoms with E-state index >= 15 is 0 Å². The van der Waals surface area contributed by atoms with E-state index in [4.69, 9.17) is 0 Å². The second kappa shape index (κ2) is 7.33. The Morgan fingerprint density at radius 2 is 1.17 bits per heavy atom. The average molecular weight is 340 g/mol. The van der Waals surface area contributed by atoms with Crippen molar-refractivity contribution in [2.24, 2.45) is 0 Å². The van der Waals surface area contributed by atoms with E-state index in [1.807, 2.05) is 0 Å². The molecule has 0 spiro atoms. The van der Waals surface area contributed by atoms with Crippen LogP contribution in [-0.4, -0.2) is 6.03 Å². The molecule has 0 saturated carbocycles. The number of benzene rings is 2. The Balaban J connectivity index is 2.01. The Bertz CT molecular complexity index is 690. The normalized spacial score (nSPS) is 13.2. The molecule has 0 saturated heterocycles. The molecule has 0 aliphatic heterocycles. The van der Waals surface area contributed by atoms with Gasteiger partial charge in [0.2, 0.25) is 0 Å². The zero-order valence-corrected chi connectivity index (χ0v) is 13.0. The van der Waals surface area contributed by atoms with Crippen molar-refractivity contribution >= 4 is 6.03 Å². The van der Waals surface area contributed by atoms with E-state index < -0.39 is 41.4 Å². The van der Waals surface area contributed by atoms with Crippen LogP contribution in [0, 0.1) is 23.3 Å². The van der Waals surface area contributed by atoms with E-state index in [2.05, 4.69) is 10.6 Å². The molecule has 24 heavy (non-hydrogen) atoms. The Labute approximate surface area is 136 Å². The molecule has 2 N–H and O–H groups in total. The number of urea groups is 1. The van der Waals surface area contributed by atoms with Gasteiger partial charge in [0.15, 0.2) is 0 Å². The topological polar surface area (TPSA) is 41.1 Å². The third kappa shape index (κ3) is 4.24. The summed E-state index contributed by atoms with van der Waals surface area (Å²) in [5.41, 5.74) is 0.235. The molecule has 2 amide bonds. The number of carbonyl (C=O) groups excluding carboxylic acids is 1. The molecule has 0 aliphatic rings. The Morgan fingerprint density at radius 1 is 0.792 bits per heavy atom. The fourth-order valence-corrected chi connectivity index (χ4v) is 2.30. The van der Waals surface area contributed by atoms with Crippen LogP contribution in [0.3, 0.4) is 0 Å². The van der Waals surface area contributed by atoms with Crippen LogP contribution in [0.15, 0.2) is 36.4 Å². The van der Waals surface area contributed by atoms with Crippen LogP contribution < -0.4 is 10.6 Å². The maximum absolute atomic E-state index is 13.7. The number of nitrogens with one attached hydrogen (secondary N) is 2. The molecule has 2 aromatic carbocycles. The predicted octanol–water partition coefficient (Wildman–Crippen LogP) is 4.36. The molecule has 3 nitrogen and oxygen atoms in total. The first-order chi connectivity index (χ1) is 11.3. The van der Waals surface area contributed by atoms with Crippen molar-refractivity contribution in [1.82, 2.24) is 10.6 Å². The highest BCUT2D eigenvalue weighted by molar-refractivity contribution is 5.75. The molecule has 0 bridgehead atoms. The fourth-order valence-electron chi connectivity index (χ4n) is 2.30. The average Bonchev–Trinajstić information content (AvgIpc) is 2.46. The monoisotopic (exact) mass is 340 g/mol. The van der Waals surface area contributed by atoms with Crippen LogP contribution in [0.25, 0.3) is 0 Å². The SMILES string of the molecule is C[C@H](NC(=O)N[C@@H](C)c1ccc(F)cc1F)c1ccc(F)cc1F. The smallest absolute Gasteiger partial charge is 0.315 e. The molecule has 0 aliphatic carbocycles. The molecule has 7 heteroatoms. The van der Waals surface area contributed by atoms with Gasteiger partial charge in [0, 0.05) is 23.3 Å². The highest BCUT2D eigenvalue weighted by atomic mass is 19.1. The first-order valence-electron chi connectivity index (χ1n) is 7.25. The number of hydrogen-bond donors (Lipinski definition) is 2. The summed E-state index contributed by atoms with van der Waals surface area (Å²) >= 11 is 0. The summed E-state index contributed by atoms with van der Waals surface area (Å²) in [7, 11) is 0. The molecule has 0 heterocycles. The zero-order valence-electron chi connectivity index (χ0n) is 13.0. The molecule has 2 atom stereocenters. The van der Waals surface area contributed by atoms with Crippen molar-refractivity contribution in [1.29, 1.82) is 0 Å². The molecular weight excluding hydrogens is 324 g/mol. The molecule has 0 fully saturated rings. The lowest BCUT2D eigenvalue weighted by Gasteiger charge is -2.19. The van der Waals surface area contributed by atoms with Crippen LogP contribution >= 0.6 is 0 Å². The van der Waals surface area contributed by atoms with E-state index in [9.17, 15) is 22.4 Å². The van der Waals surface area contributed by atoms with Gasteiger partial charge in [-0.15, -0.1) is 0 Å². The van der Waals surface area contributed by atoms with Gasteiger partial charge >= 0.3 is 6.03 Å². The molecule has 0 radical (unpaired) electrons. The van der Waals surface area contributed by atoms with Crippen LogP contribution in [0.4, 0.5) is 22.4 Å². The Hall–Kier alpha value is -2.57. The van der Waals surface area contributed by atoms with Crippen LogP contribution in [-0.2, 0) is 0 Å². The zero-order chi connectivity index (χ0) is 17.9. The van der Waals surface area contributed by atoms with Crippen molar-refractivity contribution in [3.05, 3.63) is 70.8 Å². The van der Waals surface area contributed by atoms with E-state index in [1.165, 1.54) is 26.0 Å². The lowest BCUT2D eigenvalue weighted by atomic mass is 10.1. The van der Waals surface area contributed by atoms with Gasteiger partial charge in [0.25, 0.3) is 0 Å². The third-order valence-corrected chi connectivity index (χ3v) is 3.55. The summed E-state index contributed by atoms with van der Waals surface area (Å²) in [5.74, 6) is -2.98. The largest absolute Gasteiger partial charge is 0.332 e. The van der Waals surface area contributed by atoms with Gasteiger partial charge < -0.3 is 10.6 Å². The maximum atomic E-state index is 13.7. The lowest BCUT2D eigenvalue weighted by Crippen LogP contribution is -2.38. The van der Waals surface area contributed by atoms with E-state index in [-0.39, 0.29) is 11.1 Å². The van der Waals surface area contributed by atoms with Gasteiger partial charge in [0.05, 0.1) is 12.1 Å². The van der Waals surface area contributed by atoms with Crippen molar-refractivity contribution in [3.63, 3.8) is 0 Å². The van der Waals surface area contributed by atoms with Crippen LogP contribution in [0.1, 0.15) is 37.1 Å². The summed E-state index contributed by atoms with van der Waals surface area (Å²) < 4.78 is 53.1. The number of rotatable bonds is 4. The predicted molar refractivity (Wildman–Crippen MR) is 81.2 cm³/mol. The van der Waals surface area contributed by atoms with Gasteiger partial charge in [-0.05, 0) is 26.0 Å². The van der Waals surface area contributed by atoms with Crippen molar-refractivity contribution in [2.45, 2.75) is 25.9 Å². The van der Waals surface area contributed by atoms with Crippen molar-refractivity contribution in [3.8, 4) is 0 Å². The van der Waals surface area contributed by atoms with E-state index in [1.54, 1.807) is 0 Å². The van der Waals surface area contributed by atoms with Crippen molar-refractivity contribution < 1.29 is 22.4 Å². The summed E-state index contributed by atoms with van der Waals surface area (Å²) in [6.45, 7) is 3.05. The minimum absolute atomic E-state index is 0.118. The Morgan fingerprint density at radius 3 is 1.50 bits per heavy atom. The molecule has 0 aromatic heterocycles. The molecule has 2 rings (SSSR count). The lowest BCUT2D eigenvalue weighted by molar-refractivity contribution is 0.234. The highest BCUT2D eigenvalue weighted by Gasteiger charge is 2.17. The van der Waals surface area contributed by atoms with Gasteiger partial charge in [-0.3, -0.25) is 0 Å². The fraction of sp³-hybridized carbons (Fsp3) is 0.235. The van der Waals surface area contributed by atoms with E-state index in [0.717, 1.165) is 24.3 Å². The molecule has 2 aromatic rings. The maximum Gasteiger partial charge on any atom is 0.315 e. The highest BCUT2D eigenvalue weighted by Crippen LogP contribution is 2.19.